The zero-order valence-corrected chi connectivity index (χ0v) is 25.0. The van der Waals surface area contributed by atoms with Gasteiger partial charge in [0.05, 0.1) is 12.3 Å². The Bertz CT molecular complexity index is 1330. The van der Waals surface area contributed by atoms with E-state index in [2.05, 4.69) is 6.92 Å². The fraction of sp³-hybridized carbons (Fsp3) is 0.455. The quantitative estimate of drug-likeness (QED) is 0.162. The number of amides is 1. The number of nitrogens with zero attached hydrogens (tertiary/aromatic N) is 3. The summed E-state index contributed by atoms with van der Waals surface area (Å²) < 4.78 is 12.5. The van der Waals surface area contributed by atoms with Crippen molar-refractivity contribution in [1.29, 1.82) is 0 Å². The van der Waals surface area contributed by atoms with Gasteiger partial charge in [0.1, 0.15) is 18.1 Å². The third kappa shape index (κ3) is 8.77. The van der Waals surface area contributed by atoms with Gasteiger partial charge >= 0.3 is 5.97 Å². The number of hydrogen-bond acceptors (Lipinski definition) is 6. The Balaban J connectivity index is 1.84. The number of unbranched alkanes of at least 4 members (excludes halogenated alkanes) is 4. The summed E-state index contributed by atoms with van der Waals surface area (Å²) >= 11 is 0. The topological polar surface area (TPSA) is 90.7 Å². The summed E-state index contributed by atoms with van der Waals surface area (Å²) in [5.41, 5.74) is 0.761. The van der Waals surface area contributed by atoms with Gasteiger partial charge in [-0.3, -0.25) is 14.2 Å². The van der Waals surface area contributed by atoms with Crippen LogP contribution in [0.3, 0.4) is 0 Å². The molecule has 8 heteroatoms. The molecule has 0 aliphatic carbocycles. The Morgan fingerprint density at radius 3 is 2.24 bits per heavy atom. The van der Waals surface area contributed by atoms with Gasteiger partial charge in [0.15, 0.2) is 5.60 Å². The molecule has 0 bridgehead atoms. The van der Waals surface area contributed by atoms with Crippen molar-refractivity contribution in [3.63, 3.8) is 0 Å². The van der Waals surface area contributed by atoms with Crippen LogP contribution in [0.4, 0.5) is 5.69 Å². The number of benzene rings is 2. The molecule has 0 spiro atoms. The van der Waals surface area contributed by atoms with E-state index in [1.165, 1.54) is 10.6 Å². The van der Waals surface area contributed by atoms with E-state index in [0.717, 1.165) is 37.7 Å². The first-order valence-electron chi connectivity index (χ1n) is 14.6. The van der Waals surface area contributed by atoms with Gasteiger partial charge in [-0.2, -0.15) is 0 Å². The van der Waals surface area contributed by atoms with E-state index in [1.54, 1.807) is 49.9 Å². The largest absolute Gasteiger partial charge is 0.476 e. The zero-order valence-electron chi connectivity index (χ0n) is 25.0. The fourth-order valence-electron chi connectivity index (χ4n) is 4.58. The molecule has 0 aliphatic heterocycles. The van der Waals surface area contributed by atoms with Crippen LogP contribution in [0.2, 0.25) is 0 Å². The van der Waals surface area contributed by atoms with Crippen molar-refractivity contribution in [3.8, 4) is 17.0 Å². The highest BCUT2D eigenvalue weighted by Crippen LogP contribution is 2.25. The van der Waals surface area contributed by atoms with E-state index in [4.69, 9.17) is 14.5 Å². The number of ether oxygens (including phenoxy) is 2. The molecule has 0 atom stereocenters. The van der Waals surface area contributed by atoms with Crippen LogP contribution in [-0.4, -0.2) is 40.2 Å². The van der Waals surface area contributed by atoms with Gasteiger partial charge in [-0.05, 0) is 51.5 Å². The minimum Gasteiger partial charge on any atom is -0.476 e. The summed E-state index contributed by atoms with van der Waals surface area (Å²) in [6.07, 6.45) is 5.79. The lowest BCUT2D eigenvalue weighted by Crippen LogP contribution is -2.40. The molecule has 1 aromatic heterocycles. The van der Waals surface area contributed by atoms with E-state index in [9.17, 15) is 14.4 Å². The fourth-order valence-corrected chi connectivity index (χ4v) is 4.58. The lowest BCUT2D eigenvalue weighted by atomic mass is 10.1. The third-order valence-corrected chi connectivity index (χ3v) is 6.84. The van der Waals surface area contributed by atoms with Crippen LogP contribution in [-0.2, 0) is 27.3 Å². The predicted molar refractivity (Wildman–Crippen MR) is 162 cm³/mol. The molecule has 0 N–H and O–H groups in total. The van der Waals surface area contributed by atoms with Crippen molar-refractivity contribution >= 4 is 17.6 Å². The number of aromatic nitrogens is 2. The molecule has 3 aromatic rings. The lowest BCUT2D eigenvalue weighted by Gasteiger charge is -2.26. The predicted octanol–water partition coefficient (Wildman–Crippen LogP) is 6.20. The Morgan fingerprint density at radius 2 is 1.61 bits per heavy atom. The van der Waals surface area contributed by atoms with E-state index in [0.29, 0.717) is 35.9 Å². The van der Waals surface area contributed by atoms with Gasteiger partial charge in [-0.1, -0.05) is 69.9 Å². The molecule has 0 saturated heterocycles. The summed E-state index contributed by atoms with van der Waals surface area (Å²) in [4.78, 5) is 45.6. The summed E-state index contributed by atoms with van der Waals surface area (Å²) in [5, 5.41) is 0. The molecule has 2 aromatic carbocycles. The normalized spacial score (nSPS) is 11.2. The molecule has 8 nitrogen and oxygen atoms in total. The van der Waals surface area contributed by atoms with Crippen LogP contribution in [0.25, 0.3) is 11.3 Å². The summed E-state index contributed by atoms with van der Waals surface area (Å²) in [6.45, 7) is 9.86. The molecule has 1 amide bonds. The van der Waals surface area contributed by atoms with Gasteiger partial charge in [0.25, 0.3) is 5.56 Å². The number of aryl methyl sites for hydroxylation is 1. The monoisotopic (exact) mass is 561 g/mol. The van der Waals surface area contributed by atoms with Crippen LogP contribution in [0.5, 0.6) is 5.75 Å². The summed E-state index contributed by atoms with van der Waals surface area (Å²) in [6, 6.07) is 18.2. The number of carbonyl (C=O) groups excluding carboxylic acids is 2. The maximum atomic E-state index is 13.7. The number of esters is 1. The molecule has 0 saturated carbocycles. The van der Waals surface area contributed by atoms with Crippen molar-refractivity contribution in [2.24, 2.45) is 0 Å². The SMILES string of the molecule is CCCCCCCN(C(=O)Cn1c(CC)nc(-c2ccccc2)cc1=O)c1ccc(OC(C)(C)C(=O)OCC)cc1. The van der Waals surface area contributed by atoms with Crippen molar-refractivity contribution in [3.05, 3.63) is 76.8 Å². The second kappa shape index (κ2) is 15.2. The van der Waals surface area contributed by atoms with Gasteiger partial charge in [-0.15, -0.1) is 0 Å². The Kier molecular flexibility index (Phi) is 11.7. The van der Waals surface area contributed by atoms with Crippen molar-refractivity contribution in [1.82, 2.24) is 9.55 Å². The molecule has 3 rings (SSSR count). The van der Waals surface area contributed by atoms with Crippen LogP contribution in [0.15, 0.2) is 65.5 Å². The Morgan fingerprint density at radius 1 is 0.927 bits per heavy atom. The smallest absolute Gasteiger partial charge is 0.349 e. The molecular weight excluding hydrogens is 518 g/mol. The number of hydrogen-bond donors (Lipinski definition) is 0. The summed E-state index contributed by atoms with van der Waals surface area (Å²) in [7, 11) is 0. The number of carbonyl (C=O) groups is 2. The number of rotatable bonds is 15. The highest BCUT2D eigenvalue weighted by atomic mass is 16.6. The molecule has 0 radical (unpaired) electrons. The van der Waals surface area contributed by atoms with Gasteiger partial charge in [-0.25, -0.2) is 9.78 Å². The van der Waals surface area contributed by atoms with Crippen molar-refractivity contribution < 1.29 is 19.1 Å². The standard InChI is InChI=1S/C33H43N3O5/c1-6-9-10-11-15-22-35(26-18-20-27(21-19-26)41-33(4,5)32(39)40-8-3)31(38)24-36-29(7-2)34-28(23-30(36)37)25-16-13-12-14-17-25/h12-14,16-21,23H,6-11,15,22,24H2,1-5H3. The zero-order chi connectivity index (χ0) is 29.8. The van der Waals surface area contributed by atoms with Gasteiger partial charge < -0.3 is 14.4 Å². The highest BCUT2D eigenvalue weighted by Gasteiger charge is 2.31. The van der Waals surface area contributed by atoms with E-state index < -0.39 is 11.6 Å². The van der Waals surface area contributed by atoms with Crippen LogP contribution >= 0.6 is 0 Å². The first-order valence-corrected chi connectivity index (χ1v) is 14.6. The third-order valence-electron chi connectivity index (χ3n) is 6.84. The first kappa shape index (κ1) is 31.6. The Hall–Kier alpha value is -3.94. The second-order valence-corrected chi connectivity index (χ2v) is 10.5. The summed E-state index contributed by atoms with van der Waals surface area (Å²) in [5.74, 6) is 0.425. The maximum absolute atomic E-state index is 13.7. The molecule has 220 valence electrons. The van der Waals surface area contributed by atoms with Gasteiger partial charge in [0.2, 0.25) is 5.91 Å². The molecular formula is C33H43N3O5. The average molecular weight is 562 g/mol. The highest BCUT2D eigenvalue weighted by molar-refractivity contribution is 5.93. The average Bonchev–Trinajstić information content (AvgIpc) is 2.96. The van der Waals surface area contributed by atoms with E-state index in [-0.39, 0.29) is 24.6 Å². The first-order chi connectivity index (χ1) is 19.7. The molecule has 41 heavy (non-hydrogen) atoms. The van der Waals surface area contributed by atoms with Gasteiger partial charge in [0, 0.05) is 30.3 Å². The molecule has 0 aliphatic rings. The van der Waals surface area contributed by atoms with Crippen LogP contribution in [0, 0.1) is 0 Å². The minimum absolute atomic E-state index is 0.104. The van der Waals surface area contributed by atoms with Crippen LogP contribution < -0.4 is 15.2 Å². The van der Waals surface area contributed by atoms with Crippen LogP contribution in [0.1, 0.15) is 72.5 Å². The minimum atomic E-state index is -1.15. The Labute approximate surface area is 243 Å². The van der Waals surface area contributed by atoms with Crippen molar-refractivity contribution in [2.75, 3.05) is 18.1 Å². The van der Waals surface area contributed by atoms with E-state index in [1.807, 2.05) is 37.3 Å². The van der Waals surface area contributed by atoms with E-state index >= 15 is 0 Å². The molecule has 0 unspecified atom stereocenters. The lowest BCUT2D eigenvalue weighted by molar-refractivity contribution is -0.158. The second-order valence-electron chi connectivity index (χ2n) is 10.5. The van der Waals surface area contributed by atoms with Crippen molar-refractivity contribution in [2.45, 2.75) is 85.3 Å². The number of anilines is 1. The molecule has 0 fully saturated rings. The molecule has 1 heterocycles. The maximum Gasteiger partial charge on any atom is 0.349 e.